The van der Waals surface area contributed by atoms with Crippen LogP contribution in [0.4, 0.5) is 0 Å². The van der Waals surface area contributed by atoms with Crippen LogP contribution in [0, 0.1) is 0 Å². The first-order valence-corrected chi connectivity index (χ1v) is 6.85. The highest BCUT2D eigenvalue weighted by Crippen LogP contribution is 2.16. The third-order valence-electron chi connectivity index (χ3n) is 3.49. The maximum Gasteiger partial charge on any atom is 0.118 e. The molecule has 3 heteroatoms. The van der Waals surface area contributed by atoms with Crippen LogP contribution in [-0.4, -0.2) is 30.6 Å². The summed E-state index contributed by atoms with van der Waals surface area (Å²) in [6.07, 6.45) is 3.46. The van der Waals surface area contributed by atoms with Gasteiger partial charge in [0.1, 0.15) is 11.5 Å². The quantitative estimate of drug-likeness (QED) is 0.822. The second-order valence-corrected chi connectivity index (χ2v) is 4.84. The third-order valence-corrected chi connectivity index (χ3v) is 3.49. The molecular weight excluding hydrogens is 212 g/mol. The Kier molecular flexibility index (Phi) is 4.63. The van der Waals surface area contributed by atoms with Gasteiger partial charge in [-0.25, -0.2) is 0 Å². The number of nitrogens with zero attached hydrogens (tertiary/aromatic N) is 1. The van der Waals surface area contributed by atoms with Gasteiger partial charge in [-0.2, -0.15) is 0 Å². The fraction of sp³-hybridized carbons (Fsp3) is 0.714. The number of furan rings is 1. The summed E-state index contributed by atoms with van der Waals surface area (Å²) in [6, 6.07) is 4.92. The van der Waals surface area contributed by atoms with Gasteiger partial charge in [-0.3, -0.25) is 4.90 Å². The smallest absolute Gasteiger partial charge is 0.118 e. The summed E-state index contributed by atoms with van der Waals surface area (Å²) in [5, 5.41) is 3.44. The molecule has 1 unspecified atom stereocenters. The van der Waals surface area contributed by atoms with Crippen molar-refractivity contribution in [3.63, 3.8) is 0 Å². The zero-order valence-electron chi connectivity index (χ0n) is 11.0. The molecule has 0 spiro atoms. The number of hydrogen-bond acceptors (Lipinski definition) is 3. The normalized spacial score (nSPS) is 20.3. The third kappa shape index (κ3) is 3.33. The molecule has 17 heavy (non-hydrogen) atoms. The molecule has 1 atom stereocenters. The Hall–Kier alpha value is -0.800. The fourth-order valence-corrected chi connectivity index (χ4v) is 2.53. The van der Waals surface area contributed by atoms with E-state index in [4.69, 9.17) is 4.42 Å². The van der Waals surface area contributed by atoms with E-state index in [1.165, 1.54) is 12.8 Å². The SMILES string of the molecule is CCCN(Cc1ccc(CC)o1)C1CCNC1. The fourth-order valence-electron chi connectivity index (χ4n) is 2.53. The van der Waals surface area contributed by atoms with Crippen molar-refractivity contribution in [3.8, 4) is 0 Å². The maximum atomic E-state index is 5.81. The number of rotatable bonds is 6. The van der Waals surface area contributed by atoms with Crippen LogP contribution in [-0.2, 0) is 13.0 Å². The molecule has 1 aliphatic rings. The maximum absolute atomic E-state index is 5.81. The molecule has 2 heterocycles. The minimum atomic E-state index is 0.685. The highest BCUT2D eigenvalue weighted by atomic mass is 16.3. The predicted molar refractivity (Wildman–Crippen MR) is 70.1 cm³/mol. The van der Waals surface area contributed by atoms with Crippen LogP contribution in [0.25, 0.3) is 0 Å². The number of aryl methyl sites for hydroxylation is 1. The molecule has 1 N–H and O–H groups in total. The molecule has 0 aromatic carbocycles. The van der Waals surface area contributed by atoms with Crippen LogP contribution < -0.4 is 5.32 Å². The minimum absolute atomic E-state index is 0.685. The summed E-state index contributed by atoms with van der Waals surface area (Å²) in [4.78, 5) is 2.55. The van der Waals surface area contributed by atoms with Gasteiger partial charge >= 0.3 is 0 Å². The molecule has 0 amide bonds. The predicted octanol–water partition coefficient (Wildman–Crippen LogP) is 2.42. The first kappa shape index (κ1) is 12.7. The molecular formula is C14H24N2O. The van der Waals surface area contributed by atoms with Crippen LogP contribution in [0.5, 0.6) is 0 Å². The Labute approximate surface area is 104 Å². The van der Waals surface area contributed by atoms with Crippen LogP contribution in [0.15, 0.2) is 16.5 Å². The van der Waals surface area contributed by atoms with Crippen molar-refractivity contribution >= 4 is 0 Å². The van der Waals surface area contributed by atoms with E-state index in [9.17, 15) is 0 Å². The van der Waals surface area contributed by atoms with Crippen molar-refractivity contribution in [2.45, 2.75) is 45.7 Å². The molecule has 0 radical (unpaired) electrons. The zero-order valence-corrected chi connectivity index (χ0v) is 11.0. The average Bonchev–Trinajstić information content (AvgIpc) is 2.99. The topological polar surface area (TPSA) is 28.4 Å². The van der Waals surface area contributed by atoms with Crippen molar-refractivity contribution in [2.75, 3.05) is 19.6 Å². The molecule has 0 aliphatic carbocycles. The lowest BCUT2D eigenvalue weighted by atomic mass is 10.2. The van der Waals surface area contributed by atoms with Gasteiger partial charge < -0.3 is 9.73 Å². The van der Waals surface area contributed by atoms with Crippen LogP contribution in [0.3, 0.4) is 0 Å². The monoisotopic (exact) mass is 236 g/mol. The Morgan fingerprint density at radius 1 is 1.35 bits per heavy atom. The van der Waals surface area contributed by atoms with Gasteiger partial charge in [-0.05, 0) is 38.1 Å². The average molecular weight is 236 g/mol. The number of nitrogens with one attached hydrogen (secondary N) is 1. The van der Waals surface area contributed by atoms with E-state index in [-0.39, 0.29) is 0 Å². The Morgan fingerprint density at radius 2 is 2.18 bits per heavy atom. The van der Waals surface area contributed by atoms with E-state index in [1.54, 1.807) is 0 Å². The molecule has 2 rings (SSSR count). The van der Waals surface area contributed by atoms with Crippen molar-refractivity contribution in [2.24, 2.45) is 0 Å². The van der Waals surface area contributed by atoms with Crippen molar-refractivity contribution < 1.29 is 4.42 Å². The Morgan fingerprint density at radius 3 is 2.76 bits per heavy atom. The Bertz CT molecular complexity index is 329. The molecule has 1 aromatic rings. The highest BCUT2D eigenvalue weighted by molar-refractivity contribution is 5.07. The summed E-state index contributed by atoms with van der Waals surface area (Å²) in [5.41, 5.74) is 0. The molecule has 3 nitrogen and oxygen atoms in total. The largest absolute Gasteiger partial charge is 0.465 e. The van der Waals surface area contributed by atoms with Crippen LogP contribution in [0.1, 0.15) is 38.2 Å². The zero-order chi connectivity index (χ0) is 12.1. The Balaban J connectivity index is 1.96. The molecule has 0 bridgehead atoms. The van der Waals surface area contributed by atoms with Gasteiger partial charge in [0.25, 0.3) is 0 Å². The summed E-state index contributed by atoms with van der Waals surface area (Å²) in [5.74, 6) is 2.21. The van der Waals surface area contributed by atoms with E-state index >= 15 is 0 Å². The van der Waals surface area contributed by atoms with Gasteiger partial charge in [0, 0.05) is 19.0 Å². The molecule has 0 saturated carbocycles. The minimum Gasteiger partial charge on any atom is -0.465 e. The van der Waals surface area contributed by atoms with E-state index < -0.39 is 0 Å². The van der Waals surface area contributed by atoms with Gasteiger partial charge in [-0.1, -0.05) is 13.8 Å². The van der Waals surface area contributed by atoms with Crippen molar-refractivity contribution in [1.29, 1.82) is 0 Å². The molecule has 1 aliphatic heterocycles. The molecule has 1 aromatic heterocycles. The van der Waals surface area contributed by atoms with Crippen molar-refractivity contribution in [1.82, 2.24) is 10.2 Å². The number of hydrogen-bond donors (Lipinski definition) is 1. The van der Waals surface area contributed by atoms with E-state index in [1.807, 2.05) is 0 Å². The molecule has 96 valence electrons. The standard InChI is InChI=1S/C14H24N2O/c1-3-9-16(12-7-8-15-10-12)11-14-6-5-13(4-2)17-14/h5-6,12,15H,3-4,7-11H2,1-2H3. The summed E-state index contributed by atoms with van der Waals surface area (Å²) in [6.45, 7) is 8.78. The molecule has 1 fully saturated rings. The van der Waals surface area contributed by atoms with Gasteiger partial charge in [0.2, 0.25) is 0 Å². The first-order chi connectivity index (χ1) is 8.33. The lowest BCUT2D eigenvalue weighted by molar-refractivity contribution is 0.183. The lowest BCUT2D eigenvalue weighted by Crippen LogP contribution is -2.36. The molecule has 1 saturated heterocycles. The van der Waals surface area contributed by atoms with E-state index in [2.05, 4.69) is 36.2 Å². The van der Waals surface area contributed by atoms with Crippen LogP contribution >= 0.6 is 0 Å². The summed E-state index contributed by atoms with van der Waals surface area (Å²) >= 11 is 0. The van der Waals surface area contributed by atoms with Crippen LogP contribution in [0.2, 0.25) is 0 Å². The highest BCUT2D eigenvalue weighted by Gasteiger charge is 2.22. The van der Waals surface area contributed by atoms with E-state index in [0.29, 0.717) is 6.04 Å². The second-order valence-electron chi connectivity index (χ2n) is 4.84. The van der Waals surface area contributed by atoms with Crippen molar-refractivity contribution in [3.05, 3.63) is 23.7 Å². The second kappa shape index (κ2) is 6.22. The summed E-state index contributed by atoms with van der Waals surface area (Å²) in [7, 11) is 0. The van der Waals surface area contributed by atoms with Gasteiger partial charge in [0.15, 0.2) is 0 Å². The van der Waals surface area contributed by atoms with Gasteiger partial charge in [0.05, 0.1) is 6.54 Å². The van der Waals surface area contributed by atoms with E-state index in [0.717, 1.165) is 44.1 Å². The first-order valence-electron chi connectivity index (χ1n) is 6.85. The lowest BCUT2D eigenvalue weighted by Gasteiger charge is -2.26. The summed E-state index contributed by atoms with van der Waals surface area (Å²) < 4.78 is 5.81. The van der Waals surface area contributed by atoms with Gasteiger partial charge in [-0.15, -0.1) is 0 Å².